The number of carbonyl (C=O) groups is 1. The number of carbonyl (C=O) groups excluding carboxylic acids is 1. The third kappa shape index (κ3) is 4.48. The quantitative estimate of drug-likeness (QED) is 0.212. The molecule has 1 rings (SSSR count). The Kier molecular flexibility index (Phi) is 7.68. The largest absolute Gasteiger partial charge is 1.00 e. The third-order valence-electron chi connectivity index (χ3n) is 2.08. The summed E-state index contributed by atoms with van der Waals surface area (Å²) in [5, 5.41) is 22.8. The van der Waals surface area contributed by atoms with E-state index < -0.39 is 17.4 Å². The maximum atomic E-state index is 11.7. The van der Waals surface area contributed by atoms with Crippen LogP contribution in [0.15, 0.2) is 35.7 Å². The second kappa shape index (κ2) is 8.43. The molecule has 94 valence electrons. The minimum Gasteiger partial charge on any atom is -0.859 e. The van der Waals surface area contributed by atoms with E-state index in [2.05, 4.69) is 10.1 Å². The van der Waals surface area contributed by atoms with Crippen LogP contribution in [-0.2, 0) is 9.53 Å². The summed E-state index contributed by atoms with van der Waals surface area (Å²) in [4.78, 5) is 11.2. The number of methoxy groups -OCH3 is 2. The van der Waals surface area contributed by atoms with Gasteiger partial charge in [-0.1, -0.05) is 12.1 Å². The number of anilines is 1. The van der Waals surface area contributed by atoms with Gasteiger partial charge >= 0.3 is 35.5 Å². The predicted molar refractivity (Wildman–Crippen MR) is 61.3 cm³/mol. The standard InChI is InChI=1S/C12H12N2O4.Na/c1-17-10-6-4-3-5-9(10)14-11(15)8(7-13)12(16)18-2;/h3-6,14-15H,1-2H3;/q;+1/p-1. The zero-order valence-electron chi connectivity index (χ0n) is 10.9. The van der Waals surface area contributed by atoms with Crippen LogP contribution in [0.1, 0.15) is 0 Å². The number of nitriles is 1. The first-order valence-corrected chi connectivity index (χ1v) is 4.93. The number of nitrogens with one attached hydrogen (secondary N) is 1. The van der Waals surface area contributed by atoms with Crippen LogP contribution in [0.2, 0.25) is 0 Å². The summed E-state index contributed by atoms with van der Waals surface area (Å²) in [7, 11) is 2.54. The van der Waals surface area contributed by atoms with E-state index in [0.717, 1.165) is 7.11 Å². The molecule has 0 aliphatic rings. The van der Waals surface area contributed by atoms with Gasteiger partial charge in [0.05, 0.1) is 19.9 Å². The smallest absolute Gasteiger partial charge is 0.859 e. The van der Waals surface area contributed by atoms with E-state index in [-0.39, 0.29) is 29.6 Å². The van der Waals surface area contributed by atoms with Crippen molar-refractivity contribution in [2.45, 2.75) is 0 Å². The van der Waals surface area contributed by atoms with Crippen molar-refractivity contribution in [3.63, 3.8) is 0 Å². The molecule has 0 aliphatic heterocycles. The topological polar surface area (TPSA) is 94.4 Å². The summed E-state index contributed by atoms with van der Waals surface area (Å²) in [5.41, 5.74) is -0.259. The first-order valence-electron chi connectivity index (χ1n) is 4.93. The molecule has 0 saturated carbocycles. The summed E-state index contributed by atoms with van der Waals surface area (Å²) >= 11 is 0. The molecule has 0 unspecified atom stereocenters. The molecule has 19 heavy (non-hydrogen) atoms. The van der Waals surface area contributed by atoms with E-state index in [1.807, 2.05) is 0 Å². The number of ether oxygens (including phenoxy) is 2. The molecule has 0 bridgehead atoms. The van der Waals surface area contributed by atoms with E-state index >= 15 is 0 Å². The average molecular weight is 270 g/mol. The molecular formula is C12H11N2NaO4. The van der Waals surface area contributed by atoms with E-state index in [1.165, 1.54) is 13.2 Å². The molecule has 0 aliphatic carbocycles. The Hall–Kier alpha value is -1.68. The predicted octanol–water partition coefficient (Wildman–Crippen LogP) is -2.62. The Morgan fingerprint density at radius 1 is 1.37 bits per heavy atom. The molecule has 1 N–H and O–H groups in total. The van der Waals surface area contributed by atoms with Gasteiger partial charge in [0.15, 0.2) is 0 Å². The summed E-state index contributed by atoms with van der Waals surface area (Å²) in [6, 6.07) is 8.13. The molecule has 1 aromatic rings. The van der Waals surface area contributed by atoms with Crippen molar-refractivity contribution in [2.24, 2.45) is 0 Å². The number of benzene rings is 1. The van der Waals surface area contributed by atoms with Crippen LogP contribution in [0.5, 0.6) is 5.75 Å². The van der Waals surface area contributed by atoms with Gasteiger partial charge in [0.25, 0.3) is 0 Å². The van der Waals surface area contributed by atoms with Gasteiger partial charge in [-0.2, -0.15) is 5.26 Å². The van der Waals surface area contributed by atoms with Crippen LogP contribution in [-0.4, -0.2) is 20.2 Å². The molecule has 0 aromatic heterocycles. The molecule has 0 spiro atoms. The van der Waals surface area contributed by atoms with Gasteiger partial charge < -0.3 is 19.9 Å². The molecule has 0 heterocycles. The molecule has 0 radical (unpaired) electrons. The van der Waals surface area contributed by atoms with Crippen molar-refractivity contribution in [1.82, 2.24) is 0 Å². The second-order valence-electron chi connectivity index (χ2n) is 3.13. The van der Waals surface area contributed by atoms with Gasteiger partial charge in [0.1, 0.15) is 17.4 Å². The fourth-order valence-electron chi connectivity index (χ4n) is 1.22. The molecule has 0 atom stereocenters. The molecule has 0 amide bonds. The van der Waals surface area contributed by atoms with Crippen LogP contribution in [0, 0.1) is 11.3 Å². The number of nitrogens with zero attached hydrogens (tertiary/aromatic N) is 1. The van der Waals surface area contributed by atoms with Gasteiger partial charge in [-0.25, -0.2) is 4.79 Å². The van der Waals surface area contributed by atoms with E-state index in [4.69, 9.17) is 10.00 Å². The Balaban J connectivity index is 0.00000324. The normalized spacial score (nSPS) is 10.4. The summed E-state index contributed by atoms with van der Waals surface area (Å²) in [5.74, 6) is -1.40. The van der Waals surface area contributed by atoms with Crippen molar-refractivity contribution in [2.75, 3.05) is 19.5 Å². The molecule has 7 heteroatoms. The zero-order valence-corrected chi connectivity index (χ0v) is 12.9. The average Bonchev–Trinajstić information content (AvgIpc) is 2.39. The monoisotopic (exact) mass is 270 g/mol. The van der Waals surface area contributed by atoms with Crippen molar-refractivity contribution < 1.29 is 48.9 Å². The van der Waals surface area contributed by atoms with Crippen molar-refractivity contribution in [3.05, 3.63) is 35.7 Å². The minimum atomic E-state index is -0.982. The molecule has 1 aromatic carbocycles. The Labute approximate surface area is 132 Å². The molecule has 0 saturated heterocycles. The van der Waals surface area contributed by atoms with Crippen LogP contribution >= 0.6 is 0 Å². The fourth-order valence-corrected chi connectivity index (χ4v) is 1.22. The van der Waals surface area contributed by atoms with Crippen molar-refractivity contribution >= 4 is 11.7 Å². The minimum absolute atomic E-state index is 0. The van der Waals surface area contributed by atoms with Gasteiger partial charge in [-0.3, -0.25) is 0 Å². The Morgan fingerprint density at radius 3 is 2.53 bits per heavy atom. The van der Waals surface area contributed by atoms with Crippen LogP contribution in [0.3, 0.4) is 0 Å². The number of para-hydroxylation sites is 2. The number of esters is 1. The molecule has 6 nitrogen and oxygen atoms in total. The zero-order chi connectivity index (χ0) is 13.5. The Morgan fingerprint density at radius 2 is 2.00 bits per heavy atom. The van der Waals surface area contributed by atoms with Crippen molar-refractivity contribution in [3.8, 4) is 11.8 Å². The number of hydrogen-bond donors (Lipinski definition) is 1. The first kappa shape index (κ1) is 17.3. The summed E-state index contributed by atoms with van der Waals surface area (Å²) < 4.78 is 9.35. The van der Waals surface area contributed by atoms with E-state index in [9.17, 15) is 9.90 Å². The van der Waals surface area contributed by atoms with Crippen molar-refractivity contribution in [1.29, 1.82) is 5.26 Å². The van der Waals surface area contributed by atoms with Crippen LogP contribution in [0.25, 0.3) is 0 Å². The van der Waals surface area contributed by atoms with Gasteiger partial charge in [-0.05, 0) is 18.0 Å². The molecular weight excluding hydrogens is 259 g/mol. The Bertz CT molecular complexity index is 523. The van der Waals surface area contributed by atoms with Crippen LogP contribution in [0.4, 0.5) is 5.69 Å². The van der Waals surface area contributed by atoms with Gasteiger partial charge in [0.2, 0.25) is 0 Å². The van der Waals surface area contributed by atoms with Crippen LogP contribution < -0.4 is 44.7 Å². The third-order valence-corrected chi connectivity index (χ3v) is 2.08. The number of rotatable bonds is 4. The fraction of sp³-hybridized carbons (Fsp3) is 0.167. The molecule has 0 fully saturated rings. The summed E-state index contributed by atoms with van der Waals surface area (Å²) in [6.45, 7) is 0. The van der Waals surface area contributed by atoms with Gasteiger partial charge in [-0.15, -0.1) is 0 Å². The maximum absolute atomic E-state index is 11.7. The second-order valence-corrected chi connectivity index (χ2v) is 3.13. The van der Waals surface area contributed by atoms with E-state index in [0.29, 0.717) is 11.4 Å². The maximum Gasteiger partial charge on any atom is 1.00 e. The summed E-state index contributed by atoms with van der Waals surface area (Å²) in [6.07, 6.45) is 0. The number of hydrogen-bond acceptors (Lipinski definition) is 6. The van der Waals surface area contributed by atoms with E-state index in [1.54, 1.807) is 24.3 Å². The van der Waals surface area contributed by atoms with Gasteiger partial charge in [0, 0.05) is 0 Å². The SMILES string of the molecule is COC(=O)C(C#N)=C([O-])Nc1ccccc1OC.[Na+]. The first-order chi connectivity index (χ1) is 8.63.